The Morgan fingerprint density at radius 1 is 1.00 bits per heavy atom. The van der Waals surface area contributed by atoms with Crippen molar-refractivity contribution in [3.05, 3.63) is 72.6 Å². The van der Waals surface area contributed by atoms with Gasteiger partial charge in [-0.1, -0.05) is 17.3 Å². The first kappa shape index (κ1) is 22.5. The molecule has 172 valence electrons. The number of rotatable bonds is 8. The highest BCUT2D eigenvalue weighted by Gasteiger charge is 2.15. The fourth-order valence-corrected chi connectivity index (χ4v) is 3.27. The third kappa shape index (κ3) is 4.88. The van der Waals surface area contributed by atoms with Crippen LogP contribution in [0.5, 0.6) is 17.2 Å². The van der Waals surface area contributed by atoms with Gasteiger partial charge < -0.3 is 24.1 Å². The summed E-state index contributed by atoms with van der Waals surface area (Å²) < 4.78 is 21.5. The van der Waals surface area contributed by atoms with Crippen LogP contribution in [0.15, 0.2) is 71.5 Å². The molecule has 2 aromatic heterocycles. The maximum atomic E-state index is 12.7. The fourth-order valence-electron chi connectivity index (χ4n) is 3.27. The van der Waals surface area contributed by atoms with Gasteiger partial charge in [-0.05, 0) is 48.0 Å². The summed E-state index contributed by atoms with van der Waals surface area (Å²) in [6.45, 7) is 0. The molecule has 4 rings (SSSR count). The number of hydrogen-bond donors (Lipinski definition) is 1. The molecule has 1 N–H and O–H groups in total. The quantitative estimate of drug-likeness (QED) is 0.385. The van der Waals surface area contributed by atoms with E-state index in [4.69, 9.17) is 18.7 Å². The van der Waals surface area contributed by atoms with Crippen molar-refractivity contribution in [3.8, 4) is 40.1 Å². The van der Waals surface area contributed by atoms with Crippen LogP contribution in [-0.2, 0) is 4.79 Å². The molecule has 0 saturated carbocycles. The summed E-state index contributed by atoms with van der Waals surface area (Å²) in [6, 6.07) is 14.3. The van der Waals surface area contributed by atoms with Crippen molar-refractivity contribution in [1.82, 2.24) is 15.1 Å². The number of pyridine rings is 1. The van der Waals surface area contributed by atoms with Crippen LogP contribution < -0.4 is 19.5 Å². The summed E-state index contributed by atoms with van der Waals surface area (Å²) in [5, 5.41) is 6.87. The van der Waals surface area contributed by atoms with E-state index in [2.05, 4.69) is 20.4 Å². The molecule has 0 atom stereocenters. The Morgan fingerprint density at radius 2 is 1.76 bits per heavy atom. The van der Waals surface area contributed by atoms with Crippen LogP contribution >= 0.6 is 0 Å². The van der Waals surface area contributed by atoms with Crippen LogP contribution in [0.2, 0.25) is 0 Å². The molecule has 0 radical (unpaired) electrons. The summed E-state index contributed by atoms with van der Waals surface area (Å²) in [4.78, 5) is 21.2. The Balaban J connectivity index is 1.54. The van der Waals surface area contributed by atoms with Crippen LogP contribution in [0.3, 0.4) is 0 Å². The number of carbonyl (C=O) groups excluding carboxylic acids is 1. The Kier molecular flexibility index (Phi) is 6.83. The molecular formula is C25H22N4O5. The van der Waals surface area contributed by atoms with Gasteiger partial charge in [-0.3, -0.25) is 9.78 Å². The largest absolute Gasteiger partial charge is 0.493 e. The van der Waals surface area contributed by atoms with Crippen molar-refractivity contribution in [1.29, 1.82) is 0 Å². The van der Waals surface area contributed by atoms with Gasteiger partial charge in [0.1, 0.15) is 0 Å². The van der Waals surface area contributed by atoms with Crippen LogP contribution in [0.25, 0.3) is 28.9 Å². The highest BCUT2D eigenvalue weighted by molar-refractivity contribution is 6.04. The zero-order valence-corrected chi connectivity index (χ0v) is 18.8. The first-order chi connectivity index (χ1) is 16.6. The van der Waals surface area contributed by atoms with E-state index >= 15 is 0 Å². The maximum Gasteiger partial charge on any atom is 0.260 e. The molecule has 4 aromatic rings. The lowest BCUT2D eigenvalue weighted by atomic mass is 10.1. The average Bonchev–Trinajstić information content (AvgIpc) is 3.38. The monoisotopic (exact) mass is 458 g/mol. The van der Waals surface area contributed by atoms with Gasteiger partial charge in [-0.15, -0.1) is 0 Å². The van der Waals surface area contributed by atoms with Crippen molar-refractivity contribution in [3.63, 3.8) is 0 Å². The second-order valence-corrected chi connectivity index (χ2v) is 6.99. The molecule has 0 aliphatic rings. The molecule has 0 spiro atoms. The molecule has 2 aromatic carbocycles. The first-order valence-electron chi connectivity index (χ1n) is 10.3. The number of benzene rings is 2. The Morgan fingerprint density at radius 3 is 2.44 bits per heavy atom. The number of methoxy groups -OCH3 is 3. The minimum Gasteiger partial charge on any atom is -0.493 e. The van der Waals surface area contributed by atoms with E-state index in [0.29, 0.717) is 39.9 Å². The van der Waals surface area contributed by atoms with Crippen molar-refractivity contribution < 1.29 is 23.5 Å². The summed E-state index contributed by atoms with van der Waals surface area (Å²) >= 11 is 0. The summed E-state index contributed by atoms with van der Waals surface area (Å²) in [6.07, 6.45) is 6.37. The van der Waals surface area contributed by atoms with Gasteiger partial charge in [-0.25, -0.2) is 0 Å². The minimum absolute atomic E-state index is 0.281. The van der Waals surface area contributed by atoms with Crippen molar-refractivity contribution in [2.45, 2.75) is 0 Å². The second-order valence-electron chi connectivity index (χ2n) is 6.99. The lowest BCUT2D eigenvalue weighted by molar-refractivity contribution is -0.111. The van der Waals surface area contributed by atoms with E-state index < -0.39 is 0 Å². The van der Waals surface area contributed by atoms with Crippen LogP contribution in [0, 0.1) is 0 Å². The minimum atomic E-state index is -0.340. The Bertz CT molecular complexity index is 1290. The van der Waals surface area contributed by atoms with Gasteiger partial charge in [0.05, 0.1) is 32.6 Å². The number of carbonyl (C=O) groups is 1. The Labute approximate surface area is 196 Å². The number of hydrogen-bond acceptors (Lipinski definition) is 8. The van der Waals surface area contributed by atoms with Gasteiger partial charge >= 0.3 is 0 Å². The number of anilines is 1. The number of amides is 1. The molecule has 0 fully saturated rings. The predicted octanol–water partition coefficient (Wildman–Crippen LogP) is 4.48. The zero-order chi connectivity index (χ0) is 23.9. The van der Waals surface area contributed by atoms with Crippen LogP contribution in [0.1, 0.15) is 5.56 Å². The van der Waals surface area contributed by atoms with Gasteiger partial charge in [0.2, 0.25) is 17.5 Å². The molecule has 34 heavy (non-hydrogen) atoms. The second kappa shape index (κ2) is 10.3. The van der Waals surface area contributed by atoms with Gasteiger partial charge in [0.25, 0.3) is 5.89 Å². The average molecular weight is 458 g/mol. The van der Waals surface area contributed by atoms with E-state index in [9.17, 15) is 4.79 Å². The number of para-hydroxylation sites is 1. The normalized spacial score (nSPS) is 10.8. The summed E-state index contributed by atoms with van der Waals surface area (Å²) in [7, 11) is 4.60. The lowest BCUT2D eigenvalue weighted by Crippen LogP contribution is -2.08. The molecule has 0 bridgehead atoms. The number of nitrogens with zero attached hydrogens (tertiary/aromatic N) is 3. The van der Waals surface area contributed by atoms with Crippen molar-refractivity contribution >= 4 is 17.7 Å². The van der Waals surface area contributed by atoms with Gasteiger partial charge in [0, 0.05) is 24.0 Å². The third-order valence-corrected chi connectivity index (χ3v) is 4.88. The summed E-state index contributed by atoms with van der Waals surface area (Å²) in [5.74, 6) is 1.81. The first-order valence-corrected chi connectivity index (χ1v) is 10.3. The summed E-state index contributed by atoms with van der Waals surface area (Å²) in [5.41, 5.74) is 2.56. The topological polar surface area (TPSA) is 109 Å². The molecule has 0 aliphatic heterocycles. The smallest absolute Gasteiger partial charge is 0.260 e. The maximum absolute atomic E-state index is 12.7. The van der Waals surface area contributed by atoms with Crippen molar-refractivity contribution in [2.24, 2.45) is 0 Å². The van der Waals surface area contributed by atoms with E-state index in [1.165, 1.54) is 27.4 Å². The molecule has 0 unspecified atom stereocenters. The van der Waals surface area contributed by atoms with Gasteiger partial charge in [0.15, 0.2) is 11.5 Å². The number of aromatic nitrogens is 3. The third-order valence-electron chi connectivity index (χ3n) is 4.88. The lowest BCUT2D eigenvalue weighted by Gasteiger charge is -2.12. The molecular weight excluding hydrogens is 436 g/mol. The van der Waals surface area contributed by atoms with E-state index in [1.54, 1.807) is 54.9 Å². The van der Waals surface area contributed by atoms with Gasteiger partial charge in [-0.2, -0.15) is 4.98 Å². The molecule has 0 saturated heterocycles. The van der Waals surface area contributed by atoms with Crippen LogP contribution in [0.4, 0.5) is 5.69 Å². The fraction of sp³-hybridized carbons (Fsp3) is 0.120. The highest BCUT2D eigenvalue weighted by atomic mass is 16.5. The zero-order valence-electron chi connectivity index (χ0n) is 18.8. The number of ether oxygens (including phenoxy) is 3. The number of nitrogens with one attached hydrogen (secondary N) is 1. The van der Waals surface area contributed by atoms with Crippen LogP contribution in [-0.4, -0.2) is 42.4 Å². The Hall–Kier alpha value is -4.66. The molecule has 2 heterocycles. The molecule has 9 heteroatoms. The van der Waals surface area contributed by atoms with Crippen molar-refractivity contribution in [2.75, 3.05) is 26.6 Å². The standard InChI is InChI=1S/C25H22N4O5/c1-31-20-13-16(14-21(32-2)23(20)33-3)10-11-22(30)27-19-9-5-4-8-18(19)25-28-24(29-34-25)17-7-6-12-26-15-17/h4-15H,1-3H3,(H,27,30). The van der Waals surface area contributed by atoms with E-state index in [-0.39, 0.29) is 11.8 Å². The van der Waals surface area contributed by atoms with E-state index in [0.717, 1.165) is 5.56 Å². The molecule has 0 aliphatic carbocycles. The highest BCUT2D eigenvalue weighted by Crippen LogP contribution is 2.38. The molecule has 1 amide bonds. The molecule has 9 nitrogen and oxygen atoms in total. The van der Waals surface area contributed by atoms with E-state index in [1.807, 2.05) is 12.1 Å². The predicted molar refractivity (Wildman–Crippen MR) is 127 cm³/mol. The SMILES string of the molecule is COc1cc(C=CC(=O)Nc2ccccc2-c2nc(-c3cccnc3)no2)cc(OC)c1OC.